The Morgan fingerprint density at radius 2 is 2.00 bits per heavy atom. The zero-order chi connectivity index (χ0) is 16.8. The van der Waals surface area contributed by atoms with E-state index in [0.29, 0.717) is 18.7 Å². The molecule has 1 saturated heterocycles. The summed E-state index contributed by atoms with van der Waals surface area (Å²) < 4.78 is 12.9. The molecule has 1 aliphatic rings. The lowest BCUT2D eigenvalue weighted by molar-refractivity contribution is 0.0838. The van der Waals surface area contributed by atoms with E-state index in [1.807, 2.05) is 6.19 Å². The summed E-state index contributed by atoms with van der Waals surface area (Å²) in [6.07, 6.45) is 3.34. The number of nitrogens with two attached hydrogens (primary N) is 1. The van der Waals surface area contributed by atoms with Crippen molar-refractivity contribution in [2.75, 3.05) is 26.2 Å². The Hall–Kier alpha value is -2.46. The van der Waals surface area contributed by atoms with Gasteiger partial charge in [-0.05, 0) is 50.2 Å². The lowest BCUT2D eigenvalue weighted by atomic mass is 9.89. The Kier molecular flexibility index (Phi) is 5.66. The van der Waals surface area contributed by atoms with Gasteiger partial charge in [-0.2, -0.15) is 5.26 Å². The number of hydrogen-bond acceptors (Lipinski definition) is 4. The number of ketones is 1. The third-order valence-corrected chi connectivity index (χ3v) is 4.14. The molecule has 6 nitrogen and oxygen atoms in total. The van der Waals surface area contributed by atoms with Crippen LogP contribution in [0.15, 0.2) is 24.3 Å². The van der Waals surface area contributed by atoms with Crippen molar-refractivity contribution in [2.45, 2.75) is 12.8 Å². The molecule has 3 N–H and O–H groups in total. The Labute approximate surface area is 134 Å². The molecule has 1 aliphatic heterocycles. The summed E-state index contributed by atoms with van der Waals surface area (Å²) in [6, 6.07) is 5.67. The highest BCUT2D eigenvalue weighted by atomic mass is 19.1. The molecule has 1 fully saturated rings. The molecule has 0 amide bonds. The van der Waals surface area contributed by atoms with Gasteiger partial charge < -0.3 is 10.6 Å². The second kappa shape index (κ2) is 7.70. The van der Waals surface area contributed by atoms with E-state index in [2.05, 4.69) is 4.90 Å². The van der Waals surface area contributed by atoms with Crippen LogP contribution in [0.4, 0.5) is 4.39 Å². The monoisotopic (exact) mass is 317 g/mol. The van der Waals surface area contributed by atoms with Crippen LogP contribution in [-0.4, -0.2) is 47.7 Å². The summed E-state index contributed by atoms with van der Waals surface area (Å²) in [5.41, 5.74) is 5.85. The van der Waals surface area contributed by atoms with E-state index >= 15 is 0 Å². The third kappa shape index (κ3) is 4.50. The van der Waals surface area contributed by atoms with Gasteiger partial charge in [0.05, 0.1) is 0 Å². The average molecular weight is 317 g/mol. The largest absolute Gasteiger partial charge is 0.369 e. The average Bonchev–Trinajstić information content (AvgIpc) is 2.56. The second-order valence-corrected chi connectivity index (χ2v) is 5.62. The van der Waals surface area contributed by atoms with E-state index < -0.39 is 0 Å². The molecule has 0 bridgehead atoms. The van der Waals surface area contributed by atoms with Crippen molar-refractivity contribution in [3.05, 3.63) is 35.6 Å². The first-order valence-electron chi connectivity index (χ1n) is 7.54. The topological polar surface area (TPSA) is 97.2 Å². The zero-order valence-electron chi connectivity index (χ0n) is 12.8. The van der Waals surface area contributed by atoms with E-state index in [1.54, 1.807) is 0 Å². The molecule has 0 spiro atoms. The molecule has 0 radical (unpaired) electrons. The molecular formula is C16H20FN5O. The molecular weight excluding hydrogens is 297 g/mol. The Balaban J connectivity index is 1.82. The van der Waals surface area contributed by atoms with Crippen LogP contribution in [0, 0.1) is 28.6 Å². The molecule has 7 heteroatoms. The van der Waals surface area contributed by atoms with Crippen LogP contribution >= 0.6 is 0 Å². The predicted octanol–water partition coefficient (Wildman–Crippen LogP) is 1.40. The molecule has 0 aromatic heterocycles. The number of nitrogens with zero attached hydrogens (tertiary/aromatic N) is 3. The number of guanidine groups is 1. The van der Waals surface area contributed by atoms with E-state index in [9.17, 15) is 9.18 Å². The number of carbonyl (C=O) groups is 1. The van der Waals surface area contributed by atoms with Crippen molar-refractivity contribution >= 4 is 11.7 Å². The summed E-state index contributed by atoms with van der Waals surface area (Å²) in [4.78, 5) is 15.7. The van der Waals surface area contributed by atoms with Crippen LogP contribution in [-0.2, 0) is 0 Å². The van der Waals surface area contributed by atoms with Crippen molar-refractivity contribution in [3.8, 4) is 6.19 Å². The van der Waals surface area contributed by atoms with Crippen LogP contribution < -0.4 is 5.73 Å². The number of rotatable bonds is 5. The van der Waals surface area contributed by atoms with Gasteiger partial charge in [-0.25, -0.2) is 9.29 Å². The fourth-order valence-electron chi connectivity index (χ4n) is 2.73. The quantitative estimate of drug-likeness (QED) is 0.281. The van der Waals surface area contributed by atoms with Gasteiger partial charge >= 0.3 is 0 Å². The minimum atomic E-state index is -0.344. The molecule has 122 valence electrons. The fourth-order valence-corrected chi connectivity index (χ4v) is 2.73. The van der Waals surface area contributed by atoms with E-state index in [-0.39, 0.29) is 23.5 Å². The highest BCUT2D eigenvalue weighted by Crippen LogP contribution is 2.21. The second-order valence-electron chi connectivity index (χ2n) is 5.62. The van der Waals surface area contributed by atoms with Crippen LogP contribution in [0.3, 0.4) is 0 Å². The van der Waals surface area contributed by atoms with Crippen LogP contribution in [0.5, 0.6) is 0 Å². The standard InChI is InChI=1S/C16H20FN5O/c17-14-3-1-12(2-4-14)15(23)13-5-7-21(8-6-13)9-10-22(11-18)16(19)20/h1-4,13H,5-10H2,(H3,19,20). The molecule has 0 unspecified atom stereocenters. The number of hydrogen-bond donors (Lipinski definition) is 2. The van der Waals surface area contributed by atoms with Crippen molar-refractivity contribution in [1.82, 2.24) is 9.80 Å². The minimum absolute atomic E-state index is 0.0448. The maximum Gasteiger partial charge on any atom is 0.201 e. The Morgan fingerprint density at radius 1 is 1.39 bits per heavy atom. The number of carbonyl (C=O) groups excluding carboxylic acids is 1. The van der Waals surface area contributed by atoms with Gasteiger partial charge in [0.1, 0.15) is 5.82 Å². The first-order valence-corrected chi connectivity index (χ1v) is 7.54. The van der Waals surface area contributed by atoms with Gasteiger partial charge in [0, 0.05) is 24.6 Å². The number of nitriles is 1. The van der Waals surface area contributed by atoms with Gasteiger partial charge in [0.2, 0.25) is 5.96 Å². The van der Waals surface area contributed by atoms with Gasteiger partial charge in [-0.3, -0.25) is 10.2 Å². The number of nitrogens with one attached hydrogen (secondary N) is 1. The van der Waals surface area contributed by atoms with E-state index in [0.717, 1.165) is 30.8 Å². The van der Waals surface area contributed by atoms with Crippen molar-refractivity contribution in [1.29, 1.82) is 10.7 Å². The van der Waals surface area contributed by atoms with Gasteiger partial charge in [-0.1, -0.05) is 0 Å². The number of benzene rings is 1. The SMILES string of the molecule is N#CN(CCN1CCC(C(=O)c2ccc(F)cc2)CC1)C(=N)N. The summed E-state index contributed by atoms with van der Waals surface area (Å²) in [5, 5.41) is 16.1. The number of piperidine rings is 1. The van der Waals surface area contributed by atoms with Crippen LogP contribution in [0.2, 0.25) is 0 Å². The van der Waals surface area contributed by atoms with Crippen molar-refractivity contribution < 1.29 is 9.18 Å². The molecule has 1 aromatic rings. The molecule has 1 heterocycles. The van der Waals surface area contributed by atoms with Gasteiger partial charge in [0.25, 0.3) is 0 Å². The number of halogens is 1. The van der Waals surface area contributed by atoms with Crippen LogP contribution in [0.25, 0.3) is 0 Å². The maximum atomic E-state index is 12.9. The fraction of sp³-hybridized carbons (Fsp3) is 0.438. The summed E-state index contributed by atoms with van der Waals surface area (Å²) >= 11 is 0. The lowest BCUT2D eigenvalue weighted by Crippen LogP contribution is -2.42. The summed E-state index contributed by atoms with van der Waals surface area (Å²) in [6.45, 7) is 2.52. The van der Waals surface area contributed by atoms with Gasteiger partial charge in [-0.15, -0.1) is 0 Å². The molecule has 2 rings (SSSR count). The molecule has 0 aliphatic carbocycles. The van der Waals surface area contributed by atoms with Crippen LogP contribution in [0.1, 0.15) is 23.2 Å². The Bertz CT molecular complexity index is 602. The summed E-state index contributed by atoms with van der Waals surface area (Å²) in [5.74, 6) is -0.582. The predicted molar refractivity (Wildman–Crippen MR) is 84.1 cm³/mol. The molecule has 1 aromatic carbocycles. The van der Waals surface area contributed by atoms with Crippen molar-refractivity contribution in [3.63, 3.8) is 0 Å². The van der Waals surface area contributed by atoms with Crippen molar-refractivity contribution in [2.24, 2.45) is 11.7 Å². The first kappa shape index (κ1) is 16.9. The molecule has 0 atom stereocenters. The minimum Gasteiger partial charge on any atom is -0.369 e. The summed E-state index contributed by atoms with van der Waals surface area (Å²) in [7, 11) is 0. The highest BCUT2D eigenvalue weighted by Gasteiger charge is 2.26. The molecule has 0 saturated carbocycles. The van der Waals surface area contributed by atoms with E-state index in [4.69, 9.17) is 16.4 Å². The zero-order valence-corrected chi connectivity index (χ0v) is 12.8. The van der Waals surface area contributed by atoms with E-state index in [1.165, 1.54) is 24.3 Å². The highest BCUT2D eigenvalue weighted by molar-refractivity contribution is 5.97. The smallest absolute Gasteiger partial charge is 0.201 e. The third-order valence-electron chi connectivity index (χ3n) is 4.14. The maximum absolute atomic E-state index is 12.9. The lowest BCUT2D eigenvalue weighted by Gasteiger charge is -2.31. The Morgan fingerprint density at radius 3 is 2.52 bits per heavy atom. The first-order chi connectivity index (χ1) is 11.0. The van der Waals surface area contributed by atoms with Gasteiger partial charge in [0.15, 0.2) is 12.0 Å². The number of likely N-dealkylation sites (tertiary alicyclic amines) is 1. The molecule has 23 heavy (non-hydrogen) atoms. The number of Topliss-reactive ketones (excluding diaryl/α,β-unsaturated/α-hetero) is 1. The normalized spacial score (nSPS) is 15.8.